The third kappa shape index (κ3) is 3.27. The van der Waals surface area contributed by atoms with Crippen molar-refractivity contribution in [3.05, 3.63) is 54.4 Å². The van der Waals surface area contributed by atoms with Crippen LogP contribution in [0.3, 0.4) is 0 Å². The van der Waals surface area contributed by atoms with E-state index in [4.69, 9.17) is 0 Å². The maximum Gasteiger partial charge on any atom is 0.284 e. The minimum Gasteiger partial charge on any atom is -0.336 e. The zero-order chi connectivity index (χ0) is 15.6. The molecule has 1 aromatic heterocycles. The van der Waals surface area contributed by atoms with E-state index < -0.39 is 4.92 Å². The number of rotatable bonds is 4. The molecule has 110 valence electrons. The Morgan fingerprint density at radius 1 is 1.52 bits per heavy atom. The number of carbonyl (C=O) groups is 1. The SMILES string of the molecule is Cc1ncsc1CN(C)C(=O)c1cccc([N+](=O)[O-])c1Br. The van der Waals surface area contributed by atoms with Gasteiger partial charge in [-0.05, 0) is 28.9 Å². The summed E-state index contributed by atoms with van der Waals surface area (Å²) < 4.78 is 0.202. The number of nitro groups is 1. The van der Waals surface area contributed by atoms with E-state index >= 15 is 0 Å². The van der Waals surface area contributed by atoms with E-state index in [0.717, 1.165) is 10.6 Å². The third-order valence-electron chi connectivity index (χ3n) is 2.98. The van der Waals surface area contributed by atoms with E-state index in [1.54, 1.807) is 18.6 Å². The Labute approximate surface area is 133 Å². The molecule has 21 heavy (non-hydrogen) atoms. The summed E-state index contributed by atoms with van der Waals surface area (Å²) in [5.41, 5.74) is 2.77. The highest BCUT2D eigenvalue weighted by Gasteiger charge is 2.22. The van der Waals surface area contributed by atoms with Crippen molar-refractivity contribution in [2.75, 3.05) is 7.05 Å². The van der Waals surface area contributed by atoms with Crippen molar-refractivity contribution in [3.8, 4) is 0 Å². The van der Waals surface area contributed by atoms with Crippen LogP contribution < -0.4 is 0 Å². The average Bonchev–Trinajstić information content (AvgIpc) is 2.83. The van der Waals surface area contributed by atoms with Crippen molar-refractivity contribution in [1.82, 2.24) is 9.88 Å². The molecule has 0 saturated heterocycles. The van der Waals surface area contributed by atoms with Gasteiger partial charge in [-0.25, -0.2) is 4.98 Å². The van der Waals surface area contributed by atoms with E-state index in [2.05, 4.69) is 20.9 Å². The molecule has 0 N–H and O–H groups in total. The molecule has 0 atom stereocenters. The highest BCUT2D eigenvalue weighted by molar-refractivity contribution is 9.10. The molecule has 0 spiro atoms. The van der Waals surface area contributed by atoms with Crippen molar-refractivity contribution < 1.29 is 9.72 Å². The third-order valence-corrected chi connectivity index (χ3v) is 4.73. The van der Waals surface area contributed by atoms with Gasteiger partial charge >= 0.3 is 0 Å². The number of nitro benzene ring substituents is 1. The normalized spacial score (nSPS) is 10.4. The molecular formula is C13H12BrN3O3S. The van der Waals surface area contributed by atoms with Crippen molar-refractivity contribution in [1.29, 1.82) is 0 Å². The van der Waals surface area contributed by atoms with Crippen LogP contribution in [0.1, 0.15) is 20.9 Å². The highest BCUT2D eigenvalue weighted by atomic mass is 79.9. The number of amides is 1. The molecule has 0 aliphatic rings. The van der Waals surface area contributed by atoms with Crippen LogP contribution in [0.2, 0.25) is 0 Å². The van der Waals surface area contributed by atoms with Crippen LogP contribution in [0.25, 0.3) is 0 Å². The summed E-state index contributed by atoms with van der Waals surface area (Å²) in [6.45, 7) is 2.30. The molecule has 6 nitrogen and oxygen atoms in total. The lowest BCUT2D eigenvalue weighted by molar-refractivity contribution is -0.385. The number of carbonyl (C=O) groups excluding carboxylic acids is 1. The Morgan fingerprint density at radius 2 is 2.24 bits per heavy atom. The molecular weight excluding hydrogens is 358 g/mol. The summed E-state index contributed by atoms with van der Waals surface area (Å²) in [6, 6.07) is 4.42. The van der Waals surface area contributed by atoms with Gasteiger partial charge in [0.15, 0.2) is 0 Å². The maximum absolute atomic E-state index is 12.4. The molecule has 2 rings (SSSR count). The number of benzene rings is 1. The summed E-state index contributed by atoms with van der Waals surface area (Å²) >= 11 is 4.62. The Morgan fingerprint density at radius 3 is 2.81 bits per heavy atom. The van der Waals surface area contributed by atoms with Crippen LogP contribution in [-0.2, 0) is 6.54 Å². The lowest BCUT2D eigenvalue weighted by atomic mass is 10.1. The van der Waals surface area contributed by atoms with Crippen LogP contribution in [0.4, 0.5) is 5.69 Å². The molecule has 0 aliphatic carbocycles. The average molecular weight is 370 g/mol. The second-order valence-electron chi connectivity index (χ2n) is 4.42. The first-order valence-electron chi connectivity index (χ1n) is 5.99. The minimum absolute atomic E-state index is 0.122. The van der Waals surface area contributed by atoms with Crippen molar-refractivity contribution in [3.63, 3.8) is 0 Å². The van der Waals surface area contributed by atoms with Gasteiger partial charge in [-0.3, -0.25) is 14.9 Å². The quantitative estimate of drug-likeness (QED) is 0.611. The largest absolute Gasteiger partial charge is 0.336 e. The van der Waals surface area contributed by atoms with E-state index in [9.17, 15) is 14.9 Å². The summed E-state index contributed by atoms with van der Waals surface area (Å²) in [6.07, 6.45) is 0. The second kappa shape index (κ2) is 6.31. The van der Waals surface area contributed by atoms with Gasteiger partial charge in [-0.15, -0.1) is 11.3 Å². The summed E-state index contributed by atoms with van der Waals surface area (Å²) in [5.74, 6) is -0.279. The van der Waals surface area contributed by atoms with Gasteiger partial charge in [0, 0.05) is 18.0 Å². The van der Waals surface area contributed by atoms with Crippen LogP contribution >= 0.6 is 27.3 Å². The number of thiazole rings is 1. The number of hydrogen-bond donors (Lipinski definition) is 0. The van der Waals surface area contributed by atoms with E-state index in [1.807, 2.05) is 6.92 Å². The molecule has 0 saturated carbocycles. The number of aromatic nitrogens is 1. The molecule has 0 bridgehead atoms. The van der Waals surface area contributed by atoms with Gasteiger partial charge < -0.3 is 4.90 Å². The first kappa shape index (κ1) is 15.6. The van der Waals surface area contributed by atoms with Gasteiger partial charge in [-0.1, -0.05) is 6.07 Å². The monoisotopic (exact) mass is 369 g/mol. The van der Waals surface area contributed by atoms with E-state index in [-0.39, 0.29) is 21.6 Å². The van der Waals surface area contributed by atoms with Gasteiger partial charge in [-0.2, -0.15) is 0 Å². The Bertz CT molecular complexity index is 702. The Hall–Kier alpha value is -1.80. The summed E-state index contributed by atoms with van der Waals surface area (Å²) in [7, 11) is 1.66. The van der Waals surface area contributed by atoms with Crippen LogP contribution in [0.15, 0.2) is 28.2 Å². The van der Waals surface area contributed by atoms with Gasteiger partial charge in [0.05, 0.1) is 28.2 Å². The van der Waals surface area contributed by atoms with Gasteiger partial charge in [0.1, 0.15) is 4.47 Å². The summed E-state index contributed by atoms with van der Waals surface area (Å²) in [4.78, 5) is 29.5. The fourth-order valence-electron chi connectivity index (χ4n) is 1.80. The first-order chi connectivity index (χ1) is 9.91. The fourth-order valence-corrected chi connectivity index (χ4v) is 3.20. The zero-order valence-corrected chi connectivity index (χ0v) is 13.8. The van der Waals surface area contributed by atoms with Crippen LogP contribution in [0.5, 0.6) is 0 Å². The standard InChI is InChI=1S/C13H12BrN3O3S/c1-8-11(21-7-15-8)6-16(2)13(18)9-4-3-5-10(12(9)14)17(19)20/h3-5,7H,6H2,1-2H3. The van der Waals surface area contributed by atoms with Crippen molar-refractivity contribution in [2.45, 2.75) is 13.5 Å². The van der Waals surface area contributed by atoms with Crippen molar-refractivity contribution in [2.24, 2.45) is 0 Å². The summed E-state index contributed by atoms with van der Waals surface area (Å²) in [5, 5.41) is 10.9. The molecule has 0 fully saturated rings. The first-order valence-corrected chi connectivity index (χ1v) is 7.66. The number of halogens is 1. The van der Waals surface area contributed by atoms with E-state index in [0.29, 0.717) is 6.54 Å². The second-order valence-corrected chi connectivity index (χ2v) is 6.15. The minimum atomic E-state index is -0.520. The fraction of sp³-hybridized carbons (Fsp3) is 0.231. The molecule has 0 unspecified atom stereocenters. The zero-order valence-electron chi connectivity index (χ0n) is 11.4. The molecule has 0 aliphatic heterocycles. The smallest absolute Gasteiger partial charge is 0.284 e. The predicted molar refractivity (Wildman–Crippen MR) is 83.4 cm³/mol. The lowest BCUT2D eigenvalue weighted by Crippen LogP contribution is -2.26. The molecule has 1 aromatic carbocycles. The van der Waals surface area contributed by atoms with Crippen LogP contribution in [0, 0.1) is 17.0 Å². The predicted octanol–water partition coefficient (Wildman–Crippen LogP) is 3.39. The van der Waals surface area contributed by atoms with Gasteiger partial charge in [0.2, 0.25) is 0 Å². The van der Waals surface area contributed by atoms with E-state index in [1.165, 1.54) is 28.4 Å². The Kier molecular flexibility index (Phi) is 4.69. The maximum atomic E-state index is 12.4. The molecule has 2 aromatic rings. The number of aryl methyl sites for hydroxylation is 1. The molecule has 1 heterocycles. The number of nitrogens with zero attached hydrogens (tertiary/aromatic N) is 3. The van der Waals surface area contributed by atoms with Crippen molar-refractivity contribution >= 4 is 38.9 Å². The Balaban J connectivity index is 2.26. The topological polar surface area (TPSA) is 76.3 Å². The molecule has 1 amide bonds. The lowest BCUT2D eigenvalue weighted by Gasteiger charge is -2.17. The van der Waals surface area contributed by atoms with Crippen LogP contribution in [-0.4, -0.2) is 27.8 Å². The molecule has 8 heteroatoms. The highest BCUT2D eigenvalue weighted by Crippen LogP contribution is 2.29. The molecule has 0 radical (unpaired) electrons. The number of hydrogen-bond acceptors (Lipinski definition) is 5. The van der Waals surface area contributed by atoms with Gasteiger partial charge in [0.25, 0.3) is 11.6 Å².